The van der Waals surface area contributed by atoms with Crippen LogP contribution in [0.15, 0.2) is 0 Å². The van der Waals surface area contributed by atoms with Crippen molar-refractivity contribution in [2.75, 3.05) is 5.73 Å². The lowest BCUT2D eigenvalue weighted by Crippen LogP contribution is -2.04. The van der Waals surface area contributed by atoms with Gasteiger partial charge >= 0.3 is 0 Å². The molecular weight excluding hydrogens is 187 g/mol. The Morgan fingerprint density at radius 2 is 2.21 bits per heavy atom. The van der Waals surface area contributed by atoms with Crippen LogP contribution >= 0.6 is 0 Å². The molecule has 70 valence electrons. The number of aromatic nitrogens is 4. The standard InChI is InChI=1S/C7H5FN6/c1-3-11-7(10)6-5(8)4(2-9)13-14(6)12-3/h1H3,(H2,10,11,12). The van der Waals surface area contributed by atoms with Crippen LogP contribution in [-0.2, 0) is 0 Å². The zero-order valence-corrected chi connectivity index (χ0v) is 7.19. The highest BCUT2D eigenvalue weighted by molar-refractivity contribution is 5.66. The molecule has 0 unspecified atom stereocenters. The van der Waals surface area contributed by atoms with Gasteiger partial charge in [0.2, 0.25) is 5.69 Å². The van der Waals surface area contributed by atoms with Crippen molar-refractivity contribution >= 4 is 11.3 Å². The molecule has 2 heterocycles. The second kappa shape index (κ2) is 2.63. The van der Waals surface area contributed by atoms with Crippen molar-refractivity contribution in [2.24, 2.45) is 0 Å². The van der Waals surface area contributed by atoms with Crippen molar-refractivity contribution in [3.05, 3.63) is 17.3 Å². The SMILES string of the molecule is Cc1nc(N)c2c(F)c(C#N)nn2n1. The van der Waals surface area contributed by atoms with Gasteiger partial charge in [-0.25, -0.2) is 9.37 Å². The average Bonchev–Trinajstić information content (AvgIpc) is 2.42. The molecule has 2 aromatic heterocycles. The Morgan fingerprint density at radius 3 is 2.86 bits per heavy atom. The van der Waals surface area contributed by atoms with E-state index in [0.29, 0.717) is 5.82 Å². The molecule has 0 aromatic carbocycles. The Bertz CT molecular complexity index is 551. The number of nitrogens with two attached hydrogens (primary N) is 1. The van der Waals surface area contributed by atoms with Crippen molar-refractivity contribution in [1.29, 1.82) is 5.26 Å². The quantitative estimate of drug-likeness (QED) is 0.635. The lowest BCUT2D eigenvalue weighted by atomic mass is 10.4. The van der Waals surface area contributed by atoms with Gasteiger partial charge < -0.3 is 5.73 Å². The van der Waals surface area contributed by atoms with Gasteiger partial charge in [-0.3, -0.25) is 0 Å². The fourth-order valence-corrected chi connectivity index (χ4v) is 1.13. The van der Waals surface area contributed by atoms with Crippen LogP contribution in [0.25, 0.3) is 5.52 Å². The predicted octanol–water partition coefficient (Wildman–Crippen LogP) is 0.0257. The molecule has 0 bridgehead atoms. The summed E-state index contributed by atoms with van der Waals surface area (Å²) in [4.78, 5) is 3.77. The van der Waals surface area contributed by atoms with E-state index in [2.05, 4.69) is 15.2 Å². The zero-order chi connectivity index (χ0) is 10.3. The van der Waals surface area contributed by atoms with E-state index in [0.717, 1.165) is 4.63 Å². The number of aryl methyl sites for hydroxylation is 1. The summed E-state index contributed by atoms with van der Waals surface area (Å²) in [6, 6.07) is 1.60. The number of halogens is 1. The summed E-state index contributed by atoms with van der Waals surface area (Å²) >= 11 is 0. The first-order chi connectivity index (χ1) is 6.63. The largest absolute Gasteiger partial charge is 0.382 e. The summed E-state index contributed by atoms with van der Waals surface area (Å²) in [6.45, 7) is 1.60. The van der Waals surface area contributed by atoms with E-state index in [-0.39, 0.29) is 17.0 Å². The van der Waals surface area contributed by atoms with E-state index in [1.165, 1.54) is 0 Å². The highest BCUT2D eigenvalue weighted by atomic mass is 19.1. The minimum Gasteiger partial charge on any atom is -0.382 e. The third-order valence-electron chi connectivity index (χ3n) is 1.68. The number of rotatable bonds is 0. The first-order valence-corrected chi connectivity index (χ1v) is 3.72. The number of hydrogen-bond donors (Lipinski definition) is 1. The van der Waals surface area contributed by atoms with Crippen LogP contribution in [0.4, 0.5) is 10.2 Å². The van der Waals surface area contributed by atoms with Gasteiger partial charge in [-0.05, 0) is 6.92 Å². The number of nitrogen functional groups attached to an aromatic ring is 1. The Balaban J connectivity index is 2.94. The van der Waals surface area contributed by atoms with Crippen molar-refractivity contribution in [3.8, 4) is 6.07 Å². The van der Waals surface area contributed by atoms with Crippen molar-refractivity contribution < 1.29 is 4.39 Å². The summed E-state index contributed by atoms with van der Waals surface area (Å²) in [6.07, 6.45) is 0. The van der Waals surface area contributed by atoms with E-state index in [1.807, 2.05) is 0 Å². The summed E-state index contributed by atoms with van der Waals surface area (Å²) in [5, 5.41) is 15.9. The molecule has 0 atom stereocenters. The first-order valence-electron chi connectivity index (χ1n) is 3.72. The second-order valence-corrected chi connectivity index (χ2v) is 2.66. The molecule has 6 nitrogen and oxygen atoms in total. The molecule has 0 fully saturated rings. The van der Waals surface area contributed by atoms with Crippen LogP contribution in [0.1, 0.15) is 11.5 Å². The molecule has 2 N–H and O–H groups in total. The lowest BCUT2D eigenvalue weighted by Gasteiger charge is -1.96. The van der Waals surface area contributed by atoms with E-state index in [9.17, 15) is 4.39 Å². The van der Waals surface area contributed by atoms with Crippen molar-refractivity contribution in [3.63, 3.8) is 0 Å². The zero-order valence-electron chi connectivity index (χ0n) is 7.19. The maximum Gasteiger partial charge on any atom is 0.201 e. The number of anilines is 1. The van der Waals surface area contributed by atoms with E-state index in [4.69, 9.17) is 11.0 Å². The molecule has 0 aliphatic rings. The minimum absolute atomic E-state index is 0.0241. The highest BCUT2D eigenvalue weighted by Gasteiger charge is 2.16. The maximum absolute atomic E-state index is 13.4. The number of nitriles is 1. The van der Waals surface area contributed by atoms with Crippen LogP contribution in [0, 0.1) is 24.1 Å². The Hall–Kier alpha value is -2.23. The van der Waals surface area contributed by atoms with Crippen LogP contribution in [0.2, 0.25) is 0 Å². The van der Waals surface area contributed by atoms with Gasteiger partial charge in [-0.1, -0.05) is 0 Å². The van der Waals surface area contributed by atoms with Gasteiger partial charge in [0.15, 0.2) is 17.2 Å². The van der Waals surface area contributed by atoms with E-state index >= 15 is 0 Å². The number of hydrogen-bond acceptors (Lipinski definition) is 5. The number of nitrogens with zero attached hydrogens (tertiary/aromatic N) is 5. The van der Waals surface area contributed by atoms with Gasteiger partial charge in [-0.15, -0.1) is 14.8 Å². The second-order valence-electron chi connectivity index (χ2n) is 2.66. The first kappa shape index (κ1) is 8.37. The molecule has 14 heavy (non-hydrogen) atoms. The molecule has 0 amide bonds. The Labute approximate surface area is 77.8 Å². The third kappa shape index (κ3) is 0.974. The summed E-state index contributed by atoms with van der Waals surface area (Å²) in [5.41, 5.74) is 5.07. The van der Waals surface area contributed by atoms with Gasteiger partial charge in [0.05, 0.1) is 0 Å². The summed E-state index contributed by atoms with van der Waals surface area (Å²) < 4.78 is 14.3. The fraction of sp³-hybridized carbons (Fsp3) is 0.143. The van der Waals surface area contributed by atoms with E-state index < -0.39 is 5.82 Å². The fourth-order valence-electron chi connectivity index (χ4n) is 1.13. The van der Waals surface area contributed by atoms with Crippen molar-refractivity contribution in [1.82, 2.24) is 19.8 Å². The summed E-state index contributed by atoms with van der Waals surface area (Å²) in [7, 11) is 0. The highest BCUT2D eigenvalue weighted by Crippen LogP contribution is 2.16. The Kier molecular flexibility index (Phi) is 1.57. The summed E-state index contributed by atoms with van der Waals surface area (Å²) in [5.74, 6) is -0.448. The molecule has 2 aromatic rings. The van der Waals surface area contributed by atoms with Crippen LogP contribution in [0.5, 0.6) is 0 Å². The normalized spacial score (nSPS) is 10.4. The van der Waals surface area contributed by atoms with E-state index in [1.54, 1.807) is 13.0 Å². The monoisotopic (exact) mass is 192 g/mol. The predicted molar refractivity (Wildman–Crippen MR) is 44.6 cm³/mol. The van der Waals surface area contributed by atoms with Gasteiger partial charge in [0.25, 0.3) is 0 Å². The van der Waals surface area contributed by atoms with Gasteiger partial charge in [-0.2, -0.15) is 5.26 Å². The molecule has 7 heteroatoms. The number of fused-ring (bicyclic) bond motifs is 1. The third-order valence-corrected chi connectivity index (χ3v) is 1.68. The molecule has 0 aliphatic carbocycles. The molecule has 0 saturated carbocycles. The smallest absolute Gasteiger partial charge is 0.201 e. The van der Waals surface area contributed by atoms with Gasteiger partial charge in [0.1, 0.15) is 11.9 Å². The molecule has 0 spiro atoms. The van der Waals surface area contributed by atoms with Crippen LogP contribution in [0.3, 0.4) is 0 Å². The molecule has 0 saturated heterocycles. The molecular formula is C7H5FN6. The topological polar surface area (TPSA) is 92.9 Å². The molecule has 0 radical (unpaired) electrons. The van der Waals surface area contributed by atoms with Gasteiger partial charge in [0, 0.05) is 0 Å². The Morgan fingerprint density at radius 1 is 1.50 bits per heavy atom. The minimum atomic E-state index is -0.787. The van der Waals surface area contributed by atoms with Crippen molar-refractivity contribution in [2.45, 2.75) is 6.92 Å². The van der Waals surface area contributed by atoms with Crippen LogP contribution < -0.4 is 5.73 Å². The van der Waals surface area contributed by atoms with Crippen LogP contribution in [-0.4, -0.2) is 19.8 Å². The molecule has 2 rings (SSSR count). The maximum atomic E-state index is 13.4. The average molecular weight is 192 g/mol. The lowest BCUT2D eigenvalue weighted by molar-refractivity contribution is 0.634. The molecule has 0 aliphatic heterocycles.